The van der Waals surface area contributed by atoms with Crippen molar-refractivity contribution in [2.24, 2.45) is 0 Å². The second kappa shape index (κ2) is 5.22. The molecule has 1 aromatic heterocycles. The van der Waals surface area contributed by atoms with E-state index in [0.717, 1.165) is 23.2 Å². The van der Waals surface area contributed by atoms with Gasteiger partial charge in [0.1, 0.15) is 0 Å². The molecule has 0 aliphatic carbocycles. The summed E-state index contributed by atoms with van der Waals surface area (Å²) in [7, 11) is 3.22. The highest BCUT2D eigenvalue weighted by Crippen LogP contribution is 2.37. The summed E-state index contributed by atoms with van der Waals surface area (Å²) in [4.78, 5) is 4.18. The van der Waals surface area contributed by atoms with Crippen molar-refractivity contribution in [1.82, 2.24) is 4.98 Å². The van der Waals surface area contributed by atoms with Gasteiger partial charge in [-0.3, -0.25) is 0 Å². The van der Waals surface area contributed by atoms with Gasteiger partial charge < -0.3 is 19.6 Å². The van der Waals surface area contributed by atoms with E-state index in [-0.39, 0.29) is 6.01 Å². The molecule has 2 N–H and O–H groups in total. The zero-order chi connectivity index (χ0) is 14.0. The molecule has 102 valence electrons. The number of nitrogen functional groups attached to an aromatic ring is 1. The van der Waals surface area contributed by atoms with Crippen LogP contribution < -0.4 is 15.2 Å². The Balaban J connectivity index is 2.61. The zero-order valence-corrected chi connectivity index (χ0v) is 11.6. The molecule has 0 spiro atoms. The van der Waals surface area contributed by atoms with Crippen molar-refractivity contribution >= 4 is 6.01 Å². The van der Waals surface area contributed by atoms with E-state index >= 15 is 0 Å². The van der Waals surface area contributed by atoms with E-state index in [0.29, 0.717) is 17.3 Å². The maximum Gasteiger partial charge on any atom is 0.292 e. The fourth-order valence-electron chi connectivity index (χ4n) is 2.05. The Hall–Kier alpha value is -2.17. The number of hydrogen-bond acceptors (Lipinski definition) is 5. The predicted molar refractivity (Wildman–Crippen MR) is 73.6 cm³/mol. The number of aryl methyl sites for hydroxylation is 2. The molecule has 2 rings (SSSR count). The number of benzene rings is 1. The van der Waals surface area contributed by atoms with Gasteiger partial charge in [-0.25, -0.2) is 0 Å². The van der Waals surface area contributed by atoms with Gasteiger partial charge in [0.2, 0.25) is 0 Å². The topological polar surface area (TPSA) is 70.5 Å². The molecule has 19 heavy (non-hydrogen) atoms. The first-order valence-electron chi connectivity index (χ1n) is 6.08. The van der Waals surface area contributed by atoms with Crippen LogP contribution >= 0.6 is 0 Å². The molecule has 1 aromatic carbocycles. The lowest BCUT2D eigenvalue weighted by atomic mass is 10.0. The van der Waals surface area contributed by atoms with Crippen molar-refractivity contribution < 1.29 is 13.9 Å². The summed E-state index contributed by atoms with van der Waals surface area (Å²) in [6.07, 6.45) is 0.754. The standard InChI is InChI=1S/C14H18N2O3/c1-5-10-13(19-14(15)16-10)9-7-12(18-4)11(17-3)6-8(9)2/h6-7H,5H2,1-4H3,(H2,15,16). The van der Waals surface area contributed by atoms with E-state index in [1.165, 1.54) is 0 Å². The van der Waals surface area contributed by atoms with E-state index in [1.54, 1.807) is 14.2 Å². The number of hydrogen-bond donors (Lipinski definition) is 1. The second-order valence-electron chi connectivity index (χ2n) is 4.20. The summed E-state index contributed by atoms with van der Waals surface area (Å²) in [5.41, 5.74) is 8.41. The maximum absolute atomic E-state index is 5.64. The van der Waals surface area contributed by atoms with Crippen LogP contribution in [0.3, 0.4) is 0 Å². The lowest BCUT2D eigenvalue weighted by Crippen LogP contribution is -1.94. The molecule has 0 saturated heterocycles. The normalized spacial score (nSPS) is 10.5. The molecule has 0 bridgehead atoms. The molecule has 5 nitrogen and oxygen atoms in total. The van der Waals surface area contributed by atoms with Crippen LogP contribution in [-0.4, -0.2) is 19.2 Å². The minimum atomic E-state index is 0.182. The van der Waals surface area contributed by atoms with E-state index in [9.17, 15) is 0 Å². The lowest BCUT2D eigenvalue weighted by Gasteiger charge is -2.11. The summed E-state index contributed by atoms with van der Waals surface area (Å²) < 4.78 is 16.1. The fraction of sp³-hybridized carbons (Fsp3) is 0.357. The van der Waals surface area contributed by atoms with Gasteiger partial charge in [-0.05, 0) is 31.0 Å². The Labute approximate surface area is 112 Å². The monoisotopic (exact) mass is 262 g/mol. The van der Waals surface area contributed by atoms with Crippen molar-refractivity contribution in [2.45, 2.75) is 20.3 Å². The Morgan fingerprint density at radius 3 is 2.42 bits per heavy atom. The number of rotatable bonds is 4. The lowest BCUT2D eigenvalue weighted by molar-refractivity contribution is 0.355. The smallest absolute Gasteiger partial charge is 0.292 e. The number of nitrogens with two attached hydrogens (primary N) is 1. The van der Waals surface area contributed by atoms with Crippen LogP contribution in [0.25, 0.3) is 11.3 Å². The minimum Gasteiger partial charge on any atom is -0.493 e. The van der Waals surface area contributed by atoms with Crippen molar-refractivity contribution in [2.75, 3.05) is 20.0 Å². The Morgan fingerprint density at radius 2 is 1.84 bits per heavy atom. The molecular formula is C14H18N2O3. The van der Waals surface area contributed by atoms with Gasteiger partial charge in [0.05, 0.1) is 19.9 Å². The Morgan fingerprint density at radius 1 is 1.21 bits per heavy atom. The van der Waals surface area contributed by atoms with Crippen molar-refractivity contribution in [3.05, 3.63) is 23.4 Å². The van der Waals surface area contributed by atoms with E-state index in [1.807, 2.05) is 26.0 Å². The van der Waals surface area contributed by atoms with Crippen molar-refractivity contribution in [1.29, 1.82) is 0 Å². The van der Waals surface area contributed by atoms with E-state index < -0.39 is 0 Å². The number of oxazole rings is 1. The maximum atomic E-state index is 5.64. The van der Waals surface area contributed by atoms with Crippen molar-refractivity contribution in [3.8, 4) is 22.8 Å². The minimum absolute atomic E-state index is 0.182. The highest BCUT2D eigenvalue weighted by molar-refractivity contribution is 5.69. The van der Waals surface area contributed by atoms with Crippen LogP contribution in [0, 0.1) is 6.92 Å². The third-order valence-electron chi connectivity index (χ3n) is 3.02. The first-order valence-corrected chi connectivity index (χ1v) is 6.08. The van der Waals surface area contributed by atoms with Gasteiger partial charge in [0, 0.05) is 5.56 Å². The molecule has 0 atom stereocenters. The first kappa shape index (κ1) is 13.3. The average molecular weight is 262 g/mol. The third kappa shape index (κ3) is 2.36. The summed E-state index contributed by atoms with van der Waals surface area (Å²) in [6, 6.07) is 3.97. The number of nitrogens with zero attached hydrogens (tertiary/aromatic N) is 1. The average Bonchev–Trinajstić information content (AvgIpc) is 2.79. The third-order valence-corrected chi connectivity index (χ3v) is 3.02. The Kier molecular flexibility index (Phi) is 3.64. The molecule has 0 unspecified atom stereocenters. The summed E-state index contributed by atoms with van der Waals surface area (Å²) in [5, 5.41) is 0. The largest absolute Gasteiger partial charge is 0.493 e. The molecule has 0 aliphatic rings. The second-order valence-corrected chi connectivity index (χ2v) is 4.20. The molecule has 0 fully saturated rings. The van der Waals surface area contributed by atoms with Gasteiger partial charge in [-0.15, -0.1) is 0 Å². The van der Waals surface area contributed by atoms with Gasteiger partial charge in [0.25, 0.3) is 6.01 Å². The zero-order valence-electron chi connectivity index (χ0n) is 11.6. The number of aromatic nitrogens is 1. The molecule has 0 amide bonds. The van der Waals surface area contributed by atoms with Gasteiger partial charge in [-0.2, -0.15) is 4.98 Å². The van der Waals surface area contributed by atoms with Gasteiger partial charge in [-0.1, -0.05) is 6.92 Å². The van der Waals surface area contributed by atoms with Crippen molar-refractivity contribution in [3.63, 3.8) is 0 Å². The van der Waals surface area contributed by atoms with Gasteiger partial charge in [0.15, 0.2) is 17.3 Å². The van der Waals surface area contributed by atoms with Crippen LogP contribution in [0.15, 0.2) is 16.5 Å². The molecule has 0 radical (unpaired) electrons. The highest BCUT2D eigenvalue weighted by Gasteiger charge is 2.17. The summed E-state index contributed by atoms with van der Waals surface area (Å²) >= 11 is 0. The molecule has 2 aromatic rings. The fourth-order valence-corrected chi connectivity index (χ4v) is 2.05. The van der Waals surface area contributed by atoms with Crippen LogP contribution in [0.2, 0.25) is 0 Å². The highest BCUT2D eigenvalue weighted by atomic mass is 16.5. The Bertz CT molecular complexity index is 591. The quantitative estimate of drug-likeness (QED) is 0.917. The van der Waals surface area contributed by atoms with E-state index in [4.69, 9.17) is 19.6 Å². The van der Waals surface area contributed by atoms with Gasteiger partial charge >= 0.3 is 0 Å². The number of methoxy groups -OCH3 is 2. The van der Waals surface area contributed by atoms with Crippen LogP contribution in [-0.2, 0) is 6.42 Å². The van der Waals surface area contributed by atoms with Crippen LogP contribution in [0.5, 0.6) is 11.5 Å². The molecular weight excluding hydrogens is 244 g/mol. The SMILES string of the molecule is CCc1nc(N)oc1-c1cc(OC)c(OC)cc1C. The summed E-state index contributed by atoms with van der Waals surface area (Å²) in [6.45, 7) is 3.99. The number of ether oxygens (including phenoxy) is 2. The predicted octanol–water partition coefficient (Wildman–Crippen LogP) is 2.81. The molecule has 0 saturated carbocycles. The molecule has 0 aliphatic heterocycles. The van der Waals surface area contributed by atoms with Crippen LogP contribution in [0.4, 0.5) is 6.01 Å². The first-order chi connectivity index (χ1) is 9.10. The van der Waals surface area contributed by atoms with E-state index in [2.05, 4.69) is 4.98 Å². The summed E-state index contributed by atoms with van der Waals surface area (Å²) in [5.74, 6) is 2.04. The molecule has 5 heteroatoms. The number of anilines is 1. The van der Waals surface area contributed by atoms with Crippen LogP contribution in [0.1, 0.15) is 18.2 Å². The molecule has 1 heterocycles.